The lowest BCUT2D eigenvalue weighted by atomic mass is 9.99. The second-order valence-corrected chi connectivity index (χ2v) is 8.25. The number of carbonyl (C=O) groups is 2. The second-order valence-electron chi connectivity index (χ2n) is 8.25. The minimum atomic E-state index is -1.36. The van der Waals surface area contributed by atoms with Crippen molar-refractivity contribution in [3.63, 3.8) is 0 Å². The molecule has 1 atom stereocenters. The topological polar surface area (TPSA) is 101 Å². The van der Waals surface area contributed by atoms with E-state index in [9.17, 15) is 19.5 Å². The first-order valence-electron chi connectivity index (χ1n) is 9.83. The van der Waals surface area contributed by atoms with Crippen molar-refractivity contribution in [1.82, 2.24) is 14.8 Å². The Bertz CT molecular complexity index is 1060. The van der Waals surface area contributed by atoms with E-state index in [1.807, 2.05) is 0 Å². The number of halogens is 1. The van der Waals surface area contributed by atoms with Gasteiger partial charge in [0, 0.05) is 43.3 Å². The molecule has 2 aromatic rings. The number of pyridine rings is 1. The van der Waals surface area contributed by atoms with Crippen LogP contribution in [0.2, 0.25) is 0 Å². The first-order valence-corrected chi connectivity index (χ1v) is 9.83. The lowest BCUT2D eigenvalue weighted by molar-refractivity contribution is 0.0114. The van der Waals surface area contributed by atoms with Gasteiger partial charge in [-0.1, -0.05) is 0 Å². The van der Waals surface area contributed by atoms with Crippen LogP contribution in [0.3, 0.4) is 0 Å². The number of aryl methyl sites for hydroxylation is 1. The number of piperazine rings is 1. The Labute approximate surface area is 173 Å². The number of carboxylic acid groups (broad SMARTS) is 1. The zero-order chi connectivity index (χ0) is 22.2. The highest BCUT2D eigenvalue weighted by Gasteiger charge is 2.33. The first-order chi connectivity index (χ1) is 14.0. The molecule has 0 bridgehead atoms. The fourth-order valence-electron chi connectivity index (χ4n) is 3.62. The number of nitrogens with zero attached hydrogens (tertiary/aromatic N) is 2. The molecule has 8 nitrogen and oxygen atoms in total. The SMILES string of the molecule is CCn1cc(C(=O)O)c(=O)c2cc(F)c(C3CNCCN3C(=O)OC(C)(C)C)cc21. The Balaban J connectivity index is 2.14. The number of fused-ring (bicyclic) bond motifs is 1. The summed E-state index contributed by atoms with van der Waals surface area (Å²) >= 11 is 0. The van der Waals surface area contributed by atoms with Crippen molar-refractivity contribution >= 4 is 23.0 Å². The minimum absolute atomic E-state index is 0.00872. The van der Waals surface area contributed by atoms with Gasteiger partial charge in [-0.25, -0.2) is 14.0 Å². The summed E-state index contributed by atoms with van der Waals surface area (Å²) in [7, 11) is 0. The maximum absolute atomic E-state index is 15.1. The van der Waals surface area contributed by atoms with Crippen molar-refractivity contribution in [2.75, 3.05) is 19.6 Å². The van der Waals surface area contributed by atoms with Crippen LogP contribution in [-0.2, 0) is 11.3 Å². The van der Waals surface area contributed by atoms with Gasteiger partial charge in [-0.3, -0.25) is 9.69 Å². The van der Waals surface area contributed by atoms with Crippen molar-refractivity contribution in [3.8, 4) is 0 Å². The lowest BCUT2D eigenvalue weighted by Gasteiger charge is -2.37. The van der Waals surface area contributed by atoms with E-state index in [0.29, 0.717) is 31.7 Å². The van der Waals surface area contributed by atoms with E-state index in [1.54, 1.807) is 32.3 Å². The Morgan fingerprint density at radius 3 is 2.63 bits per heavy atom. The summed E-state index contributed by atoms with van der Waals surface area (Å²) in [5, 5.41) is 12.4. The normalized spacial score (nSPS) is 17.2. The predicted octanol–water partition coefficient (Wildman–Crippen LogP) is 2.74. The monoisotopic (exact) mass is 419 g/mol. The zero-order valence-corrected chi connectivity index (χ0v) is 17.5. The van der Waals surface area contributed by atoms with Gasteiger partial charge in [0.1, 0.15) is 17.0 Å². The van der Waals surface area contributed by atoms with Crippen molar-refractivity contribution in [1.29, 1.82) is 0 Å². The molecule has 1 unspecified atom stereocenters. The third-order valence-corrected chi connectivity index (χ3v) is 5.00. The molecule has 0 spiro atoms. The van der Waals surface area contributed by atoms with Crippen molar-refractivity contribution < 1.29 is 23.8 Å². The number of carbonyl (C=O) groups excluding carboxylic acids is 1. The highest BCUT2D eigenvalue weighted by molar-refractivity contribution is 5.92. The number of aromatic carboxylic acids is 1. The summed E-state index contributed by atoms with van der Waals surface area (Å²) in [6.45, 7) is 8.69. The molecule has 2 N–H and O–H groups in total. The summed E-state index contributed by atoms with van der Waals surface area (Å²) in [6, 6.07) is 1.96. The number of carboxylic acids is 1. The Kier molecular flexibility index (Phi) is 5.85. The molecule has 0 aliphatic carbocycles. The number of aromatic nitrogens is 1. The van der Waals surface area contributed by atoms with Crippen LogP contribution < -0.4 is 10.7 Å². The lowest BCUT2D eigenvalue weighted by Crippen LogP contribution is -2.50. The Morgan fingerprint density at radius 2 is 2.03 bits per heavy atom. The molecule has 1 aliphatic rings. The summed E-state index contributed by atoms with van der Waals surface area (Å²) in [4.78, 5) is 38.1. The molecule has 0 saturated carbocycles. The summed E-state index contributed by atoms with van der Waals surface area (Å²) in [5.41, 5.74) is -1.18. The quantitative estimate of drug-likeness (QED) is 0.793. The molecule has 2 heterocycles. The molecule has 3 rings (SSSR count). The van der Waals surface area contributed by atoms with E-state index in [2.05, 4.69) is 5.32 Å². The number of benzene rings is 1. The van der Waals surface area contributed by atoms with E-state index in [-0.39, 0.29) is 10.9 Å². The van der Waals surface area contributed by atoms with E-state index >= 15 is 4.39 Å². The second kappa shape index (κ2) is 8.06. The fourth-order valence-corrected chi connectivity index (χ4v) is 3.62. The van der Waals surface area contributed by atoms with Crippen LogP contribution in [0, 0.1) is 5.82 Å². The van der Waals surface area contributed by atoms with Crippen LogP contribution in [0.4, 0.5) is 9.18 Å². The third-order valence-electron chi connectivity index (χ3n) is 5.00. The van der Waals surface area contributed by atoms with Gasteiger partial charge in [-0.2, -0.15) is 0 Å². The van der Waals surface area contributed by atoms with Gasteiger partial charge in [0.2, 0.25) is 5.43 Å². The molecule has 30 heavy (non-hydrogen) atoms. The third kappa shape index (κ3) is 4.16. The molecular weight excluding hydrogens is 393 g/mol. The van der Waals surface area contributed by atoms with Crippen molar-refractivity contribution in [3.05, 3.63) is 45.5 Å². The Hall–Kier alpha value is -2.94. The van der Waals surface area contributed by atoms with E-state index in [4.69, 9.17) is 4.74 Å². The van der Waals surface area contributed by atoms with Crippen LogP contribution in [0.5, 0.6) is 0 Å². The van der Waals surface area contributed by atoms with Gasteiger partial charge in [0.15, 0.2) is 0 Å². The van der Waals surface area contributed by atoms with E-state index in [0.717, 1.165) is 6.07 Å². The van der Waals surface area contributed by atoms with E-state index in [1.165, 1.54) is 17.2 Å². The first kappa shape index (κ1) is 21.8. The van der Waals surface area contributed by atoms with Gasteiger partial charge < -0.3 is 19.7 Å². The molecular formula is C21H26FN3O5. The molecule has 1 fully saturated rings. The van der Waals surface area contributed by atoms with Gasteiger partial charge in [0.05, 0.1) is 11.6 Å². The van der Waals surface area contributed by atoms with Crippen molar-refractivity contribution in [2.24, 2.45) is 0 Å². The number of hydrogen-bond donors (Lipinski definition) is 2. The molecule has 1 aromatic heterocycles. The Morgan fingerprint density at radius 1 is 1.33 bits per heavy atom. The van der Waals surface area contributed by atoms with Crippen LogP contribution in [-0.4, -0.2) is 51.9 Å². The highest BCUT2D eigenvalue weighted by atomic mass is 19.1. The number of hydrogen-bond acceptors (Lipinski definition) is 5. The van der Waals surface area contributed by atoms with Gasteiger partial charge in [0.25, 0.3) is 0 Å². The number of ether oxygens (including phenoxy) is 1. The molecule has 0 radical (unpaired) electrons. The summed E-state index contributed by atoms with van der Waals surface area (Å²) in [6.07, 6.45) is 0.724. The van der Waals surface area contributed by atoms with Gasteiger partial charge in [-0.05, 0) is 39.8 Å². The molecule has 9 heteroatoms. The number of rotatable bonds is 3. The molecule has 1 amide bonds. The van der Waals surface area contributed by atoms with E-state index < -0.39 is 40.5 Å². The van der Waals surface area contributed by atoms with Gasteiger partial charge >= 0.3 is 12.1 Å². The number of nitrogens with one attached hydrogen (secondary N) is 1. The maximum atomic E-state index is 15.1. The maximum Gasteiger partial charge on any atom is 0.410 e. The van der Waals surface area contributed by atoms with Crippen LogP contribution in [0.25, 0.3) is 10.9 Å². The van der Waals surface area contributed by atoms with Crippen LogP contribution in [0.1, 0.15) is 49.7 Å². The molecule has 1 aliphatic heterocycles. The molecule has 1 aromatic carbocycles. The minimum Gasteiger partial charge on any atom is -0.477 e. The van der Waals surface area contributed by atoms with Gasteiger partial charge in [-0.15, -0.1) is 0 Å². The smallest absolute Gasteiger partial charge is 0.410 e. The molecule has 1 saturated heterocycles. The average Bonchev–Trinajstić information content (AvgIpc) is 2.66. The summed E-state index contributed by atoms with van der Waals surface area (Å²) in [5.74, 6) is -2.03. The largest absolute Gasteiger partial charge is 0.477 e. The average molecular weight is 419 g/mol. The standard InChI is InChI=1S/C21H26FN3O5/c1-5-24-11-14(19(27)28)18(26)13-8-15(22)12(9-16(13)24)17-10-23-6-7-25(17)20(29)30-21(2,3)4/h8-9,11,17,23H,5-7,10H2,1-4H3,(H,27,28). The van der Waals surface area contributed by atoms with Crippen LogP contribution in [0.15, 0.2) is 23.1 Å². The fraction of sp³-hybridized carbons (Fsp3) is 0.476. The predicted molar refractivity (Wildman–Crippen MR) is 109 cm³/mol. The summed E-state index contributed by atoms with van der Waals surface area (Å²) < 4.78 is 22.2. The van der Waals surface area contributed by atoms with Crippen LogP contribution >= 0.6 is 0 Å². The zero-order valence-electron chi connectivity index (χ0n) is 17.5. The molecule has 162 valence electrons. The number of amides is 1. The highest BCUT2D eigenvalue weighted by Crippen LogP contribution is 2.29. The van der Waals surface area contributed by atoms with Crippen molar-refractivity contribution in [2.45, 2.75) is 45.9 Å².